The molecule has 0 aliphatic carbocycles. The molecule has 90 valence electrons. The van der Waals surface area contributed by atoms with Gasteiger partial charge in [0.1, 0.15) is 0 Å². The summed E-state index contributed by atoms with van der Waals surface area (Å²) in [6.07, 6.45) is 2.68. The van der Waals surface area contributed by atoms with Gasteiger partial charge in [-0.05, 0) is 19.3 Å². The molecule has 2 amide bonds. The van der Waals surface area contributed by atoms with Crippen molar-refractivity contribution in [2.75, 3.05) is 19.7 Å². The number of aliphatic hydroxyl groups excluding tert-OH is 1. The molecule has 2 fully saturated rings. The number of carbonyl (C=O) groups is 2. The van der Waals surface area contributed by atoms with Crippen molar-refractivity contribution < 1.29 is 14.7 Å². The third-order valence-electron chi connectivity index (χ3n) is 3.47. The normalized spacial score (nSPS) is 28.8. The van der Waals surface area contributed by atoms with Crippen LogP contribution < -0.4 is 5.32 Å². The largest absolute Gasteiger partial charge is 0.396 e. The second-order valence-corrected chi connectivity index (χ2v) is 4.48. The first-order chi connectivity index (χ1) is 7.74. The van der Waals surface area contributed by atoms with E-state index in [2.05, 4.69) is 5.32 Å². The van der Waals surface area contributed by atoms with Gasteiger partial charge in [0, 0.05) is 26.1 Å². The lowest BCUT2D eigenvalue weighted by molar-refractivity contribution is -0.137. The first-order valence-corrected chi connectivity index (χ1v) is 5.92. The molecule has 2 N–H and O–H groups in total. The predicted molar refractivity (Wildman–Crippen MR) is 57.6 cm³/mol. The number of nitrogens with one attached hydrogen (secondary N) is 1. The van der Waals surface area contributed by atoms with Crippen LogP contribution in [0.5, 0.6) is 0 Å². The number of hydrogen-bond donors (Lipinski definition) is 2. The standard InChI is InChI=1S/C11H18N2O3/c14-6-2-4-10(15)13-5-1-3-8-9(13)7-12-11(8)16/h8-9,14H,1-7H2,(H,12,16). The van der Waals surface area contributed by atoms with Crippen molar-refractivity contribution in [1.82, 2.24) is 10.2 Å². The molecule has 0 aromatic heterocycles. The van der Waals surface area contributed by atoms with Crippen LogP contribution in [0.1, 0.15) is 25.7 Å². The summed E-state index contributed by atoms with van der Waals surface area (Å²) < 4.78 is 0. The van der Waals surface area contributed by atoms with E-state index in [1.54, 1.807) is 0 Å². The highest BCUT2D eigenvalue weighted by atomic mass is 16.3. The fraction of sp³-hybridized carbons (Fsp3) is 0.818. The van der Waals surface area contributed by atoms with E-state index in [0.717, 1.165) is 19.4 Å². The summed E-state index contributed by atoms with van der Waals surface area (Å²) in [5, 5.41) is 11.5. The lowest BCUT2D eigenvalue weighted by Crippen LogP contribution is -2.48. The molecular weight excluding hydrogens is 208 g/mol. The van der Waals surface area contributed by atoms with Crippen molar-refractivity contribution >= 4 is 11.8 Å². The van der Waals surface area contributed by atoms with E-state index < -0.39 is 0 Å². The highest BCUT2D eigenvalue weighted by molar-refractivity contribution is 5.84. The van der Waals surface area contributed by atoms with Gasteiger partial charge in [-0.1, -0.05) is 0 Å². The molecule has 2 saturated heterocycles. The Bertz CT molecular complexity index is 293. The van der Waals surface area contributed by atoms with Gasteiger partial charge >= 0.3 is 0 Å². The molecule has 0 radical (unpaired) electrons. The number of hydrogen-bond acceptors (Lipinski definition) is 3. The Labute approximate surface area is 94.8 Å². The van der Waals surface area contributed by atoms with E-state index in [-0.39, 0.29) is 30.4 Å². The summed E-state index contributed by atoms with van der Waals surface area (Å²) in [6.45, 7) is 1.39. The molecule has 0 bridgehead atoms. The second kappa shape index (κ2) is 4.82. The molecule has 2 heterocycles. The topological polar surface area (TPSA) is 69.6 Å². The Balaban J connectivity index is 1.98. The number of carbonyl (C=O) groups excluding carboxylic acids is 2. The zero-order valence-electron chi connectivity index (χ0n) is 9.32. The van der Waals surface area contributed by atoms with Crippen LogP contribution >= 0.6 is 0 Å². The average Bonchev–Trinajstić information content (AvgIpc) is 2.68. The first-order valence-electron chi connectivity index (χ1n) is 5.92. The molecule has 5 heteroatoms. The fourth-order valence-electron chi connectivity index (χ4n) is 2.64. The molecule has 5 nitrogen and oxygen atoms in total. The summed E-state index contributed by atoms with van der Waals surface area (Å²) in [5.74, 6) is 0.150. The highest BCUT2D eigenvalue weighted by Gasteiger charge is 2.42. The lowest BCUT2D eigenvalue weighted by Gasteiger charge is -2.36. The minimum Gasteiger partial charge on any atom is -0.396 e. The molecule has 2 atom stereocenters. The van der Waals surface area contributed by atoms with Gasteiger partial charge < -0.3 is 15.3 Å². The van der Waals surface area contributed by atoms with Gasteiger partial charge in [-0.3, -0.25) is 9.59 Å². The van der Waals surface area contributed by atoms with E-state index in [1.807, 2.05) is 4.90 Å². The van der Waals surface area contributed by atoms with Crippen LogP contribution in [0, 0.1) is 5.92 Å². The molecule has 2 aliphatic rings. The molecule has 2 aliphatic heterocycles. The van der Waals surface area contributed by atoms with Gasteiger partial charge in [-0.2, -0.15) is 0 Å². The number of nitrogens with zero attached hydrogens (tertiary/aromatic N) is 1. The summed E-state index contributed by atoms with van der Waals surface area (Å²) in [7, 11) is 0. The van der Waals surface area contributed by atoms with Crippen molar-refractivity contribution in [2.45, 2.75) is 31.7 Å². The van der Waals surface area contributed by atoms with E-state index >= 15 is 0 Å². The maximum Gasteiger partial charge on any atom is 0.225 e. The Morgan fingerprint density at radius 1 is 1.56 bits per heavy atom. The molecule has 16 heavy (non-hydrogen) atoms. The predicted octanol–water partition coefficient (Wildman–Crippen LogP) is -0.504. The number of aliphatic hydroxyl groups is 1. The number of rotatable bonds is 3. The summed E-state index contributed by atoms with van der Waals surface area (Å²) >= 11 is 0. The van der Waals surface area contributed by atoms with Gasteiger partial charge in [0.05, 0.1) is 12.0 Å². The van der Waals surface area contributed by atoms with Gasteiger partial charge in [-0.25, -0.2) is 0 Å². The van der Waals surface area contributed by atoms with Crippen molar-refractivity contribution in [1.29, 1.82) is 0 Å². The second-order valence-electron chi connectivity index (χ2n) is 4.48. The van der Waals surface area contributed by atoms with Gasteiger partial charge in [0.15, 0.2) is 0 Å². The van der Waals surface area contributed by atoms with Crippen LogP contribution in [-0.2, 0) is 9.59 Å². The zero-order chi connectivity index (χ0) is 11.5. The molecule has 2 unspecified atom stereocenters. The summed E-state index contributed by atoms with van der Waals surface area (Å²) in [6, 6.07) is 0.0486. The van der Waals surface area contributed by atoms with Crippen molar-refractivity contribution in [3.63, 3.8) is 0 Å². The SMILES string of the molecule is O=C1NCC2C1CCCN2C(=O)CCCO. The molecule has 0 aromatic rings. The maximum atomic E-state index is 11.9. The third kappa shape index (κ3) is 2.04. The van der Waals surface area contributed by atoms with Crippen LogP contribution in [0.15, 0.2) is 0 Å². The zero-order valence-corrected chi connectivity index (χ0v) is 9.32. The van der Waals surface area contributed by atoms with Crippen LogP contribution in [-0.4, -0.2) is 47.6 Å². The van der Waals surface area contributed by atoms with Crippen LogP contribution in [0.2, 0.25) is 0 Å². The maximum absolute atomic E-state index is 11.9. The smallest absolute Gasteiger partial charge is 0.225 e. The summed E-state index contributed by atoms with van der Waals surface area (Å²) in [4.78, 5) is 25.2. The van der Waals surface area contributed by atoms with Gasteiger partial charge in [0.25, 0.3) is 0 Å². The van der Waals surface area contributed by atoms with Crippen LogP contribution in [0.4, 0.5) is 0 Å². The first kappa shape index (κ1) is 11.4. The van der Waals surface area contributed by atoms with E-state index in [9.17, 15) is 9.59 Å². The van der Waals surface area contributed by atoms with Crippen molar-refractivity contribution in [3.8, 4) is 0 Å². The van der Waals surface area contributed by atoms with Crippen LogP contribution in [0.25, 0.3) is 0 Å². The van der Waals surface area contributed by atoms with E-state index in [4.69, 9.17) is 5.11 Å². The third-order valence-corrected chi connectivity index (χ3v) is 3.47. The van der Waals surface area contributed by atoms with Crippen LogP contribution in [0.3, 0.4) is 0 Å². The Morgan fingerprint density at radius 2 is 2.38 bits per heavy atom. The molecular formula is C11H18N2O3. The Hall–Kier alpha value is -1.10. The lowest BCUT2D eigenvalue weighted by atomic mass is 9.91. The van der Waals surface area contributed by atoms with E-state index in [1.165, 1.54) is 0 Å². The molecule has 0 spiro atoms. The minimum atomic E-state index is -0.00757. The monoisotopic (exact) mass is 226 g/mol. The van der Waals surface area contributed by atoms with Crippen molar-refractivity contribution in [3.05, 3.63) is 0 Å². The number of likely N-dealkylation sites (tertiary alicyclic amines) is 1. The number of piperidine rings is 1. The van der Waals surface area contributed by atoms with Gasteiger partial charge in [-0.15, -0.1) is 0 Å². The van der Waals surface area contributed by atoms with E-state index in [0.29, 0.717) is 19.4 Å². The minimum absolute atomic E-state index is 0.00757. The fourth-order valence-corrected chi connectivity index (χ4v) is 2.64. The number of amides is 2. The van der Waals surface area contributed by atoms with Crippen molar-refractivity contribution in [2.24, 2.45) is 5.92 Å². The molecule has 2 rings (SSSR count). The average molecular weight is 226 g/mol. The van der Waals surface area contributed by atoms with Gasteiger partial charge in [0.2, 0.25) is 11.8 Å². The Morgan fingerprint density at radius 3 is 3.12 bits per heavy atom. The Kier molecular flexibility index (Phi) is 3.43. The molecule has 0 aromatic carbocycles. The quantitative estimate of drug-likeness (QED) is 0.681. The summed E-state index contributed by atoms with van der Waals surface area (Å²) in [5.41, 5.74) is 0. The highest BCUT2D eigenvalue weighted by Crippen LogP contribution is 2.27. The molecule has 0 saturated carbocycles. The number of fused-ring (bicyclic) bond motifs is 1.